The third kappa shape index (κ3) is 10.6. The van der Waals surface area contributed by atoms with E-state index in [1.807, 2.05) is 31.2 Å². The molecule has 0 fully saturated rings. The smallest absolute Gasteiger partial charge is 0.405 e. The maximum absolute atomic E-state index is 12.6. The molecule has 172 valence electrons. The van der Waals surface area contributed by atoms with Crippen molar-refractivity contribution in [3.8, 4) is 5.75 Å². The van der Waals surface area contributed by atoms with Gasteiger partial charge >= 0.3 is 6.36 Å². The van der Waals surface area contributed by atoms with Crippen LogP contribution in [0.5, 0.6) is 5.75 Å². The van der Waals surface area contributed by atoms with E-state index in [1.54, 1.807) is 19.2 Å². The third-order valence-corrected chi connectivity index (χ3v) is 4.00. The fourth-order valence-corrected chi connectivity index (χ4v) is 2.59. The fourth-order valence-electron chi connectivity index (χ4n) is 2.59. The van der Waals surface area contributed by atoms with Crippen LogP contribution in [0.15, 0.2) is 53.5 Å². The number of nitrogens with zero attached hydrogens (tertiary/aromatic N) is 1. The minimum Gasteiger partial charge on any atom is -0.405 e. The van der Waals surface area contributed by atoms with Crippen molar-refractivity contribution in [3.63, 3.8) is 0 Å². The van der Waals surface area contributed by atoms with Gasteiger partial charge in [0.15, 0.2) is 5.96 Å². The Balaban J connectivity index is 0.00000480. The summed E-state index contributed by atoms with van der Waals surface area (Å²) in [4.78, 5) is 4.50. The maximum atomic E-state index is 12.6. The van der Waals surface area contributed by atoms with Crippen molar-refractivity contribution in [3.05, 3.63) is 59.7 Å². The van der Waals surface area contributed by atoms with Gasteiger partial charge in [-0.1, -0.05) is 30.3 Å². The molecule has 0 aliphatic heterocycles. The molecule has 0 aliphatic carbocycles. The molecule has 0 amide bonds. The largest absolute Gasteiger partial charge is 0.573 e. The number of methoxy groups -OCH3 is 1. The monoisotopic (exact) mass is 552 g/mol. The normalized spacial score (nSPS) is 11.5. The first-order chi connectivity index (χ1) is 14.4. The summed E-state index contributed by atoms with van der Waals surface area (Å²) in [5.74, 6) is 0.270. The lowest BCUT2D eigenvalue weighted by Crippen LogP contribution is -2.37. The highest BCUT2D eigenvalue weighted by Crippen LogP contribution is 2.26. The summed E-state index contributed by atoms with van der Waals surface area (Å²) in [5, 5.41) is 9.37. The molecule has 0 saturated heterocycles. The molecule has 0 atom stereocenters. The summed E-state index contributed by atoms with van der Waals surface area (Å²) in [6.45, 7) is 4.45. The maximum Gasteiger partial charge on any atom is 0.573 e. The molecule has 0 aromatic heterocycles. The lowest BCUT2D eigenvalue weighted by atomic mass is 10.2. The van der Waals surface area contributed by atoms with Crippen molar-refractivity contribution in [2.24, 2.45) is 4.99 Å². The van der Waals surface area contributed by atoms with E-state index < -0.39 is 6.36 Å². The zero-order chi connectivity index (χ0) is 21.8. The number of para-hydroxylation sites is 1. The Labute approximate surface area is 197 Å². The number of halogens is 4. The second kappa shape index (κ2) is 14.0. The number of benzene rings is 2. The van der Waals surface area contributed by atoms with Crippen LogP contribution in [0, 0.1) is 0 Å². The van der Waals surface area contributed by atoms with Crippen molar-refractivity contribution in [2.75, 3.05) is 32.1 Å². The van der Waals surface area contributed by atoms with Crippen molar-refractivity contribution >= 4 is 35.6 Å². The minimum absolute atomic E-state index is 0. The number of alkyl halides is 3. The highest BCUT2D eigenvalue weighted by atomic mass is 127. The molecule has 0 heterocycles. The number of ether oxygens (including phenoxy) is 2. The van der Waals surface area contributed by atoms with Gasteiger partial charge in [0.1, 0.15) is 5.75 Å². The molecule has 3 N–H and O–H groups in total. The van der Waals surface area contributed by atoms with Crippen molar-refractivity contribution < 1.29 is 22.6 Å². The van der Waals surface area contributed by atoms with Gasteiger partial charge in [-0.05, 0) is 30.7 Å². The van der Waals surface area contributed by atoms with Crippen LogP contribution in [0.3, 0.4) is 0 Å². The third-order valence-electron chi connectivity index (χ3n) is 4.00. The van der Waals surface area contributed by atoms with E-state index in [4.69, 9.17) is 4.74 Å². The van der Waals surface area contributed by atoms with Gasteiger partial charge in [0.25, 0.3) is 0 Å². The van der Waals surface area contributed by atoms with Gasteiger partial charge in [-0.25, -0.2) is 4.99 Å². The van der Waals surface area contributed by atoms with E-state index in [9.17, 15) is 13.2 Å². The van der Waals surface area contributed by atoms with Gasteiger partial charge in [0, 0.05) is 38.0 Å². The average molecular weight is 552 g/mol. The lowest BCUT2D eigenvalue weighted by molar-refractivity contribution is -0.274. The molecule has 0 unspecified atom stereocenters. The van der Waals surface area contributed by atoms with Crippen molar-refractivity contribution in [1.29, 1.82) is 0 Å². The number of aliphatic imine (C=N–C) groups is 1. The van der Waals surface area contributed by atoms with E-state index in [-0.39, 0.29) is 36.3 Å². The predicted octanol–water partition coefficient (Wildman–Crippen LogP) is 4.52. The van der Waals surface area contributed by atoms with Crippen LogP contribution in [0.4, 0.5) is 18.9 Å². The quantitative estimate of drug-likeness (QED) is 0.175. The highest BCUT2D eigenvalue weighted by molar-refractivity contribution is 14.0. The summed E-state index contributed by atoms with van der Waals surface area (Å²) in [6, 6.07) is 13.9. The van der Waals surface area contributed by atoms with Gasteiger partial charge in [-0.15, -0.1) is 37.1 Å². The first-order valence-electron chi connectivity index (χ1n) is 9.59. The molecule has 2 rings (SSSR count). The molecule has 6 nitrogen and oxygen atoms in total. The van der Waals surface area contributed by atoms with E-state index in [1.165, 1.54) is 12.1 Å². The van der Waals surface area contributed by atoms with E-state index in [2.05, 4.69) is 25.7 Å². The zero-order valence-electron chi connectivity index (χ0n) is 17.5. The molecule has 0 aliphatic rings. The van der Waals surface area contributed by atoms with Crippen LogP contribution < -0.4 is 20.7 Å². The summed E-state index contributed by atoms with van der Waals surface area (Å²) in [7, 11) is 1.65. The predicted molar refractivity (Wildman–Crippen MR) is 127 cm³/mol. The highest BCUT2D eigenvalue weighted by Gasteiger charge is 2.31. The summed E-state index contributed by atoms with van der Waals surface area (Å²) >= 11 is 0. The Hall–Kier alpha value is -2.21. The second-order valence-electron chi connectivity index (χ2n) is 6.32. The molecular formula is C21H28F3IN4O2. The van der Waals surface area contributed by atoms with Gasteiger partial charge in [-0.2, -0.15) is 0 Å². The number of hydrogen-bond acceptors (Lipinski definition) is 4. The van der Waals surface area contributed by atoms with Gasteiger partial charge in [0.2, 0.25) is 0 Å². The van der Waals surface area contributed by atoms with Crippen LogP contribution in [0.2, 0.25) is 0 Å². The average Bonchev–Trinajstić information content (AvgIpc) is 2.71. The standard InChI is InChI=1S/C21H27F3N4O2.HI/c1-3-25-20(27-14-16-8-10-18(11-9-16)26-12-13-29-2)28-15-17-6-4-5-7-19(17)30-21(22,23)24;/h4-11,26H,3,12-15H2,1-2H3,(H2,25,27,28);1H. The number of anilines is 1. The van der Waals surface area contributed by atoms with E-state index in [0.717, 1.165) is 17.8 Å². The Morgan fingerprint density at radius 1 is 1.03 bits per heavy atom. The van der Waals surface area contributed by atoms with Gasteiger partial charge in [0.05, 0.1) is 13.2 Å². The Morgan fingerprint density at radius 3 is 2.39 bits per heavy atom. The molecular weight excluding hydrogens is 524 g/mol. The summed E-state index contributed by atoms with van der Waals surface area (Å²) in [6.07, 6.45) is -4.74. The van der Waals surface area contributed by atoms with E-state index >= 15 is 0 Å². The molecule has 0 spiro atoms. The lowest BCUT2D eigenvalue weighted by Gasteiger charge is -2.15. The molecule has 0 bridgehead atoms. The summed E-state index contributed by atoms with van der Waals surface area (Å²) < 4.78 is 46.8. The SMILES string of the molecule is CCNC(=NCc1ccc(NCCOC)cc1)NCc1ccccc1OC(F)(F)F.I. The minimum atomic E-state index is -4.74. The van der Waals surface area contributed by atoms with Crippen LogP contribution in [-0.4, -0.2) is 39.1 Å². The molecule has 0 radical (unpaired) electrons. The first-order valence-corrected chi connectivity index (χ1v) is 9.59. The van der Waals surface area contributed by atoms with Gasteiger partial charge in [-0.3, -0.25) is 0 Å². The Kier molecular flexibility index (Phi) is 12.1. The molecule has 0 saturated carbocycles. The number of guanidine groups is 1. The number of nitrogens with one attached hydrogen (secondary N) is 3. The fraction of sp³-hybridized carbons (Fsp3) is 0.381. The van der Waals surface area contributed by atoms with Crippen molar-refractivity contribution in [1.82, 2.24) is 10.6 Å². The number of rotatable bonds is 10. The van der Waals surface area contributed by atoms with Gasteiger partial charge < -0.3 is 25.4 Å². The Morgan fingerprint density at radius 2 is 1.74 bits per heavy atom. The number of hydrogen-bond donors (Lipinski definition) is 3. The van der Waals surface area contributed by atoms with Crippen molar-refractivity contribution in [2.45, 2.75) is 26.4 Å². The molecule has 2 aromatic rings. The topological polar surface area (TPSA) is 66.9 Å². The van der Waals surface area contributed by atoms with Crippen LogP contribution in [-0.2, 0) is 17.8 Å². The molecule has 10 heteroatoms. The second-order valence-corrected chi connectivity index (χ2v) is 6.32. The first kappa shape index (κ1) is 26.8. The van der Waals surface area contributed by atoms with Crippen LogP contribution in [0.1, 0.15) is 18.1 Å². The van der Waals surface area contributed by atoms with E-state index in [0.29, 0.717) is 31.2 Å². The zero-order valence-corrected chi connectivity index (χ0v) is 19.8. The summed E-state index contributed by atoms with van der Waals surface area (Å²) in [5.41, 5.74) is 2.38. The molecule has 31 heavy (non-hydrogen) atoms. The Bertz CT molecular complexity index is 802. The van der Waals surface area contributed by atoms with Crippen LogP contribution >= 0.6 is 24.0 Å². The molecule has 2 aromatic carbocycles. The van der Waals surface area contributed by atoms with Crippen LogP contribution in [0.25, 0.3) is 0 Å².